The van der Waals surface area contributed by atoms with Gasteiger partial charge in [-0.3, -0.25) is 19.2 Å². The van der Waals surface area contributed by atoms with Crippen molar-refractivity contribution in [2.75, 3.05) is 18.6 Å². The summed E-state index contributed by atoms with van der Waals surface area (Å²) in [7, 11) is 0. The van der Waals surface area contributed by atoms with E-state index in [9.17, 15) is 24.0 Å². The quantitative estimate of drug-likeness (QED) is 0.218. The average Bonchev–Trinajstić information content (AvgIpc) is 3.71. The van der Waals surface area contributed by atoms with Crippen LogP contribution in [0.25, 0.3) is 0 Å². The lowest BCUT2D eigenvalue weighted by molar-refractivity contribution is -0.144. The van der Waals surface area contributed by atoms with Crippen molar-refractivity contribution in [1.29, 1.82) is 0 Å². The van der Waals surface area contributed by atoms with E-state index in [1.807, 2.05) is 27.7 Å². The highest BCUT2D eigenvalue weighted by molar-refractivity contribution is 7.98. The zero-order chi connectivity index (χ0) is 30.1. The number of nitrogens with zero attached hydrogens (tertiary/aromatic N) is 1. The second kappa shape index (κ2) is 15.1. The van der Waals surface area contributed by atoms with Crippen molar-refractivity contribution in [2.24, 2.45) is 17.1 Å². The molecule has 10 nitrogen and oxygen atoms in total. The molecule has 0 radical (unpaired) electrons. The SMILES string of the molecule is CCCN(C(=O)[C@@H](NC(=O)NC1(CCSC)CCCCC1)C(C)(C)C)[C@@H](C)C(=O)NC(CC1CC1)C(=O)C(N)=O. The fourth-order valence-corrected chi connectivity index (χ4v) is 6.04. The fraction of sp³-hybridized carbons (Fsp3) is 0.828. The predicted octanol–water partition coefficient (Wildman–Crippen LogP) is 3.12. The van der Waals surface area contributed by atoms with Gasteiger partial charge in [-0.15, -0.1) is 0 Å². The third-order valence-corrected chi connectivity index (χ3v) is 8.71. The number of ketones is 1. The summed E-state index contributed by atoms with van der Waals surface area (Å²) in [5, 5.41) is 8.85. The van der Waals surface area contributed by atoms with Gasteiger partial charge in [0.05, 0.1) is 6.04 Å². The maximum Gasteiger partial charge on any atom is 0.315 e. The summed E-state index contributed by atoms with van der Waals surface area (Å²) in [6, 6.07) is -3.18. The Morgan fingerprint density at radius 1 is 1.05 bits per heavy atom. The number of nitrogens with two attached hydrogens (primary N) is 1. The van der Waals surface area contributed by atoms with Gasteiger partial charge in [0.15, 0.2) is 0 Å². The minimum absolute atomic E-state index is 0.272. The van der Waals surface area contributed by atoms with E-state index in [4.69, 9.17) is 5.73 Å². The molecule has 0 bridgehead atoms. The number of carbonyl (C=O) groups is 5. The molecule has 0 spiro atoms. The van der Waals surface area contributed by atoms with Crippen LogP contribution in [0.2, 0.25) is 0 Å². The molecule has 40 heavy (non-hydrogen) atoms. The van der Waals surface area contributed by atoms with Gasteiger partial charge >= 0.3 is 6.03 Å². The van der Waals surface area contributed by atoms with Gasteiger partial charge in [0.2, 0.25) is 17.6 Å². The zero-order valence-electron chi connectivity index (χ0n) is 25.3. The van der Waals surface area contributed by atoms with Crippen molar-refractivity contribution < 1.29 is 24.0 Å². The first-order valence-electron chi connectivity index (χ1n) is 14.8. The Bertz CT molecular complexity index is 911. The van der Waals surface area contributed by atoms with E-state index in [2.05, 4.69) is 22.2 Å². The number of thioether (sulfide) groups is 1. The summed E-state index contributed by atoms with van der Waals surface area (Å²) in [6.07, 6.45) is 10.9. The number of nitrogens with one attached hydrogen (secondary N) is 3. The zero-order valence-corrected chi connectivity index (χ0v) is 26.1. The monoisotopic (exact) mass is 581 g/mol. The van der Waals surface area contributed by atoms with Gasteiger partial charge in [-0.25, -0.2) is 4.79 Å². The molecule has 2 saturated carbocycles. The van der Waals surface area contributed by atoms with Crippen molar-refractivity contribution in [3.05, 3.63) is 0 Å². The Kier molecular flexibility index (Phi) is 12.8. The van der Waals surface area contributed by atoms with Crippen molar-refractivity contribution >= 4 is 41.3 Å². The van der Waals surface area contributed by atoms with E-state index in [1.165, 1.54) is 4.90 Å². The van der Waals surface area contributed by atoms with Crippen LogP contribution in [0.3, 0.4) is 0 Å². The van der Waals surface area contributed by atoms with Crippen LogP contribution in [0, 0.1) is 11.3 Å². The Morgan fingerprint density at radius 2 is 1.68 bits per heavy atom. The van der Waals surface area contributed by atoms with Crippen LogP contribution in [-0.2, 0) is 19.2 Å². The molecule has 0 aromatic heterocycles. The first kappa shape index (κ1) is 33.9. The van der Waals surface area contributed by atoms with E-state index >= 15 is 0 Å². The van der Waals surface area contributed by atoms with Gasteiger partial charge in [0.1, 0.15) is 12.1 Å². The third-order valence-electron chi connectivity index (χ3n) is 8.10. The molecule has 11 heteroatoms. The molecule has 2 rings (SSSR count). The van der Waals surface area contributed by atoms with Crippen LogP contribution in [0.15, 0.2) is 0 Å². The summed E-state index contributed by atoms with van der Waals surface area (Å²) < 4.78 is 0. The topological polar surface area (TPSA) is 151 Å². The number of Topliss-reactive ketones (excluding diaryl/α,β-unsaturated/α-hetero) is 1. The number of primary amides is 1. The van der Waals surface area contributed by atoms with Crippen molar-refractivity contribution in [1.82, 2.24) is 20.9 Å². The molecular formula is C29H51N5O5S. The number of carbonyl (C=O) groups excluding carboxylic acids is 5. The molecule has 228 valence electrons. The molecule has 2 fully saturated rings. The summed E-state index contributed by atoms with van der Waals surface area (Å²) in [4.78, 5) is 66.0. The predicted molar refractivity (Wildman–Crippen MR) is 159 cm³/mol. The Labute approximate surface area is 244 Å². The van der Waals surface area contributed by atoms with E-state index in [0.29, 0.717) is 12.8 Å². The van der Waals surface area contributed by atoms with Gasteiger partial charge in [0.25, 0.3) is 5.91 Å². The first-order valence-corrected chi connectivity index (χ1v) is 16.2. The highest BCUT2D eigenvalue weighted by atomic mass is 32.2. The standard InChI is InChI=1S/C29H51N5O5S/c1-7-16-34(19(2)25(37)31-21(18-20-11-12-20)22(35)24(30)36)26(38)23(28(3,4)5)32-27(39)33-29(15-17-40-6)13-9-8-10-14-29/h19-21,23H,7-18H2,1-6H3,(H2,30,36)(H,31,37)(H2,32,33,39)/t19-,21?,23+/m0/s1. The third kappa shape index (κ3) is 9.96. The van der Waals surface area contributed by atoms with E-state index < -0.39 is 41.1 Å². The number of hydrogen-bond donors (Lipinski definition) is 4. The molecule has 1 unspecified atom stereocenters. The largest absolute Gasteiger partial charge is 0.363 e. The van der Waals surface area contributed by atoms with Gasteiger partial charge in [0, 0.05) is 12.1 Å². The lowest BCUT2D eigenvalue weighted by Crippen LogP contribution is -2.63. The lowest BCUT2D eigenvalue weighted by Gasteiger charge is -2.40. The van der Waals surface area contributed by atoms with E-state index in [-0.39, 0.29) is 29.9 Å². The van der Waals surface area contributed by atoms with Crippen LogP contribution >= 0.6 is 11.8 Å². The smallest absolute Gasteiger partial charge is 0.315 e. The Balaban J connectivity index is 2.20. The molecule has 0 aromatic carbocycles. The lowest BCUT2D eigenvalue weighted by atomic mass is 9.79. The first-order chi connectivity index (χ1) is 18.7. The summed E-state index contributed by atoms with van der Waals surface area (Å²) in [5.74, 6) is -1.60. The molecule has 2 aliphatic rings. The minimum Gasteiger partial charge on any atom is -0.363 e. The summed E-state index contributed by atoms with van der Waals surface area (Å²) in [5.41, 5.74) is 4.31. The second-order valence-corrected chi connectivity index (χ2v) is 13.6. The molecule has 3 atom stereocenters. The number of hydrogen-bond acceptors (Lipinski definition) is 6. The van der Waals surface area contributed by atoms with E-state index in [1.54, 1.807) is 18.7 Å². The van der Waals surface area contributed by atoms with Gasteiger partial charge in [-0.1, -0.05) is 59.8 Å². The maximum atomic E-state index is 14.0. The van der Waals surface area contributed by atoms with Crippen LogP contribution in [0.4, 0.5) is 4.79 Å². The minimum atomic E-state index is -1.09. The number of amides is 5. The van der Waals surface area contributed by atoms with Gasteiger partial charge < -0.3 is 26.6 Å². The molecule has 0 saturated heterocycles. The second-order valence-electron chi connectivity index (χ2n) is 12.7. The summed E-state index contributed by atoms with van der Waals surface area (Å²) in [6.45, 7) is 9.44. The normalized spacial score (nSPS) is 19.1. The molecule has 0 aliphatic heterocycles. The van der Waals surface area contributed by atoms with Gasteiger partial charge in [-0.2, -0.15) is 11.8 Å². The van der Waals surface area contributed by atoms with E-state index in [0.717, 1.165) is 57.1 Å². The van der Waals surface area contributed by atoms with Gasteiger partial charge in [-0.05, 0) is 62.4 Å². The van der Waals surface area contributed by atoms with Crippen LogP contribution in [0.1, 0.15) is 98.8 Å². The highest BCUT2D eigenvalue weighted by Crippen LogP contribution is 2.34. The van der Waals surface area contributed by atoms with Crippen molar-refractivity contribution in [2.45, 2.75) is 122 Å². The molecule has 2 aliphatic carbocycles. The molecule has 5 amide bonds. The van der Waals surface area contributed by atoms with Crippen LogP contribution in [-0.4, -0.2) is 76.7 Å². The molecule has 0 heterocycles. The fourth-order valence-electron chi connectivity index (χ4n) is 5.45. The molecular weight excluding hydrogens is 530 g/mol. The van der Waals surface area contributed by atoms with Crippen molar-refractivity contribution in [3.8, 4) is 0 Å². The summed E-state index contributed by atoms with van der Waals surface area (Å²) >= 11 is 1.76. The average molecular weight is 582 g/mol. The highest BCUT2D eigenvalue weighted by Gasteiger charge is 2.41. The molecule has 0 aromatic rings. The maximum absolute atomic E-state index is 14.0. The molecule has 5 N–H and O–H groups in total. The van der Waals surface area contributed by atoms with Crippen LogP contribution in [0.5, 0.6) is 0 Å². The number of rotatable bonds is 15. The number of urea groups is 1. The Hall–Kier alpha value is -2.30. The Morgan fingerprint density at radius 3 is 2.17 bits per heavy atom. The van der Waals surface area contributed by atoms with Crippen LogP contribution < -0.4 is 21.7 Å². The van der Waals surface area contributed by atoms with Crippen molar-refractivity contribution in [3.63, 3.8) is 0 Å².